The molecule has 3 fully saturated rings. The molecule has 0 unspecified atom stereocenters. The van der Waals surface area contributed by atoms with Crippen molar-refractivity contribution in [1.82, 2.24) is 14.8 Å². The third-order valence-corrected chi connectivity index (χ3v) is 4.96. The van der Waals surface area contributed by atoms with Gasteiger partial charge in [0.1, 0.15) is 0 Å². The van der Waals surface area contributed by atoms with Crippen LogP contribution in [0.1, 0.15) is 18.4 Å². The van der Waals surface area contributed by atoms with Crippen LogP contribution < -0.4 is 0 Å². The van der Waals surface area contributed by atoms with Gasteiger partial charge in [0, 0.05) is 50.7 Å². The molecule has 0 amide bonds. The molecule has 0 bridgehead atoms. The number of fused-ring (bicyclic) bond motifs is 1. The molecule has 0 spiro atoms. The summed E-state index contributed by atoms with van der Waals surface area (Å²) in [6.07, 6.45) is 6.60. The standard InChI is InChI=1S/C16H23N3O/c1-2-14(1)16-12-20-11-15-10-18(7-8-19(15)16)9-13-3-5-17-6-4-13/h3-6,14-16H,1-2,7-12H2/t15-,16-/m1/s1. The minimum atomic E-state index is 0.602. The molecule has 20 heavy (non-hydrogen) atoms. The van der Waals surface area contributed by atoms with Gasteiger partial charge < -0.3 is 4.74 Å². The van der Waals surface area contributed by atoms with Crippen molar-refractivity contribution in [2.45, 2.75) is 31.5 Å². The van der Waals surface area contributed by atoms with Crippen molar-refractivity contribution in [3.63, 3.8) is 0 Å². The van der Waals surface area contributed by atoms with E-state index in [0.717, 1.165) is 32.2 Å². The van der Waals surface area contributed by atoms with Gasteiger partial charge in [-0.2, -0.15) is 0 Å². The van der Waals surface area contributed by atoms with Crippen LogP contribution in [0.25, 0.3) is 0 Å². The first kappa shape index (κ1) is 12.7. The average Bonchev–Trinajstić information content (AvgIpc) is 3.32. The summed E-state index contributed by atoms with van der Waals surface area (Å²) in [5.41, 5.74) is 1.36. The second-order valence-corrected chi connectivity index (χ2v) is 6.42. The molecule has 0 radical (unpaired) electrons. The molecular weight excluding hydrogens is 250 g/mol. The third-order valence-electron chi connectivity index (χ3n) is 4.96. The fraction of sp³-hybridized carbons (Fsp3) is 0.688. The highest BCUT2D eigenvalue weighted by molar-refractivity contribution is 5.10. The highest BCUT2D eigenvalue weighted by Gasteiger charge is 2.42. The number of aromatic nitrogens is 1. The van der Waals surface area contributed by atoms with E-state index in [1.54, 1.807) is 0 Å². The van der Waals surface area contributed by atoms with Crippen LogP contribution in [0.2, 0.25) is 0 Å². The van der Waals surface area contributed by atoms with Gasteiger partial charge >= 0.3 is 0 Å². The van der Waals surface area contributed by atoms with Crippen LogP contribution in [0.5, 0.6) is 0 Å². The lowest BCUT2D eigenvalue weighted by molar-refractivity contribution is -0.0880. The van der Waals surface area contributed by atoms with E-state index in [0.29, 0.717) is 12.1 Å². The smallest absolute Gasteiger partial charge is 0.0635 e. The van der Waals surface area contributed by atoms with Gasteiger partial charge in [0.2, 0.25) is 0 Å². The Labute approximate surface area is 120 Å². The fourth-order valence-corrected chi connectivity index (χ4v) is 3.72. The highest BCUT2D eigenvalue weighted by atomic mass is 16.5. The molecule has 2 atom stereocenters. The van der Waals surface area contributed by atoms with Crippen LogP contribution in [0.3, 0.4) is 0 Å². The molecule has 4 nitrogen and oxygen atoms in total. The number of rotatable bonds is 3. The van der Waals surface area contributed by atoms with Crippen molar-refractivity contribution in [3.05, 3.63) is 30.1 Å². The molecule has 1 saturated carbocycles. The van der Waals surface area contributed by atoms with E-state index < -0.39 is 0 Å². The number of pyridine rings is 1. The van der Waals surface area contributed by atoms with Gasteiger partial charge in [0.05, 0.1) is 13.2 Å². The molecule has 4 heteroatoms. The van der Waals surface area contributed by atoms with Gasteiger partial charge in [0.15, 0.2) is 0 Å². The first-order valence-corrected chi connectivity index (χ1v) is 7.85. The topological polar surface area (TPSA) is 28.6 Å². The second-order valence-electron chi connectivity index (χ2n) is 6.42. The second kappa shape index (κ2) is 5.43. The summed E-state index contributed by atoms with van der Waals surface area (Å²) < 4.78 is 5.87. The van der Waals surface area contributed by atoms with Crippen LogP contribution in [0, 0.1) is 5.92 Å². The molecular formula is C16H23N3O. The first-order chi connectivity index (χ1) is 9.90. The van der Waals surface area contributed by atoms with E-state index in [4.69, 9.17) is 4.74 Å². The van der Waals surface area contributed by atoms with Crippen molar-refractivity contribution in [3.8, 4) is 0 Å². The fourth-order valence-electron chi connectivity index (χ4n) is 3.72. The molecule has 2 aliphatic heterocycles. The number of ether oxygens (including phenoxy) is 1. The summed E-state index contributed by atoms with van der Waals surface area (Å²) in [5.74, 6) is 0.921. The molecule has 0 N–H and O–H groups in total. The van der Waals surface area contributed by atoms with E-state index in [1.807, 2.05) is 12.4 Å². The molecule has 1 aromatic rings. The Morgan fingerprint density at radius 3 is 2.80 bits per heavy atom. The molecule has 108 valence electrons. The van der Waals surface area contributed by atoms with E-state index >= 15 is 0 Å². The summed E-state index contributed by atoms with van der Waals surface area (Å²) in [7, 11) is 0. The zero-order valence-corrected chi connectivity index (χ0v) is 11.9. The van der Waals surface area contributed by atoms with Crippen LogP contribution in [0.4, 0.5) is 0 Å². The zero-order chi connectivity index (χ0) is 13.4. The Morgan fingerprint density at radius 1 is 1.15 bits per heavy atom. The average molecular weight is 273 g/mol. The van der Waals surface area contributed by atoms with Crippen molar-refractivity contribution in [2.75, 3.05) is 32.8 Å². The predicted molar refractivity (Wildman–Crippen MR) is 77.3 cm³/mol. The normalized spacial score (nSPS) is 32.0. The largest absolute Gasteiger partial charge is 0.378 e. The first-order valence-electron chi connectivity index (χ1n) is 7.85. The lowest BCUT2D eigenvalue weighted by Gasteiger charge is -2.48. The van der Waals surface area contributed by atoms with Crippen LogP contribution in [0.15, 0.2) is 24.5 Å². The maximum Gasteiger partial charge on any atom is 0.0635 e. The number of morpholine rings is 1. The van der Waals surface area contributed by atoms with E-state index in [9.17, 15) is 0 Å². The van der Waals surface area contributed by atoms with Gasteiger partial charge in [-0.25, -0.2) is 0 Å². The van der Waals surface area contributed by atoms with Crippen molar-refractivity contribution < 1.29 is 4.74 Å². The maximum absolute atomic E-state index is 5.87. The number of piperazine rings is 1. The predicted octanol–water partition coefficient (Wildman–Crippen LogP) is 1.38. The molecule has 1 aliphatic carbocycles. The van der Waals surface area contributed by atoms with E-state index in [-0.39, 0.29) is 0 Å². The van der Waals surface area contributed by atoms with Crippen LogP contribution in [-0.4, -0.2) is 59.7 Å². The minimum Gasteiger partial charge on any atom is -0.378 e. The van der Waals surface area contributed by atoms with Crippen molar-refractivity contribution in [2.24, 2.45) is 5.92 Å². The van der Waals surface area contributed by atoms with Gasteiger partial charge in [-0.1, -0.05) is 0 Å². The van der Waals surface area contributed by atoms with Crippen molar-refractivity contribution in [1.29, 1.82) is 0 Å². The Bertz CT molecular complexity index is 448. The van der Waals surface area contributed by atoms with Crippen molar-refractivity contribution >= 4 is 0 Å². The summed E-state index contributed by atoms with van der Waals surface area (Å²) in [6.45, 7) is 6.45. The van der Waals surface area contributed by atoms with Gasteiger partial charge in [-0.15, -0.1) is 0 Å². The SMILES string of the molecule is c1cc(CN2CCN3[C@@H](COC[C@@H]3C3CC3)C2)ccn1. The minimum absolute atomic E-state index is 0.602. The highest BCUT2D eigenvalue weighted by Crippen LogP contribution is 2.38. The Balaban J connectivity index is 1.39. The van der Waals surface area contributed by atoms with E-state index in [2.05, 4.69) is 26.9 Å². The lowest BCUT2D eigenvalue weighted by atomic mass is 10.0. The molecule has 1 aromatic heterocycles. The van der Waals surface area contributed by atoms with Crippen LogP contribution in [-0.2, 0) is 11.3 Å². The molecule has 4 rings (SSSR count). The Morgan fingerprint density at radius 2 is 2.00 bits per heavy atom. The summed E-state index contributed by atoms with van der Waals surface area (Å²) in [5, 5.41) is 0. The quantitative estimate of drug-likeness (QED) is 0.832. The summed E-state index contributed by atoms with van der Waals surface area (Å²) in [4.78, 5) is 9.40. The monoisotopic (exact) mass is 273 g/mol. The Hall–Kier alpha value is -0.970. The maximum atomic E-state index is 5.87. The van der Waals surface area contributed by atoms with Gasteiger partial charge in [-0.05, 0) is 36.5 Å². The molecule has 3 aliphatic rings. The van der Waals surface area contributed by atoms with Crippen LogP contribution >= 0.6 is 0 Å². The Kier molecular flexibility index (Phi) is 3.46. The van der Waals surface area contributed by atoms with Gasteiger partial charge in [-0.3, -0.25) is 14.8 Å². The zero-order valence-electron chi connectivity index (χ0n) is 11.9. The number of hydrogen-bond donors (Lipinski definition) is 0. The molecule has 3 heterocycles. The third kappa shape index (κ3) is 2.60. The number of hydrogen-bond acceptors (Lipinski definition) is 4. The molecule has 0 aromatic carbocycles. The molecule has 2 saturated heterocycles. The number of nitrogens with zero attached hydrogens (tertiary/aromatic N) is 3. The summed E-state index contributed by atoms with van der Waals surface area (Å²) in [6, 6.07) is 5.55. The van der Waals surface area contributed by atoms with Gasteiger partial charge in [0.25, 0.3) is 0 Å². The summed E-state index contributed by atoms with van der Waals surface area (Å²) >= 11 is 0. The lowest BCUT2D eigenvalue weighted by Crippen LogP contribution is -2.62. The van der Waals surface area contributed by atoms with E-state index in [1.165, 1.54) is 31.5 Å².